The summed E-state index contributed by atoms with van der Waals surface area (Å²) in [6.07, 6.45) is 4.01. The van der Waals surface area contributed by atoms with E-state index in [4.69, 9.17) is 4.74 Å². The summed E-state index contributed by atoms with van der Waals surface area (Å²) < 4.78 is 32.9. The zero-order chi connectivity index (χ0) is 19.2. The summed E-state index contributed by atoms with van der Waals surface area (Å²) in [5.41, 5.74) is 0.371. The zero-order valence-electron chi connectivity index (χ0n) is 15.9. The first-order valence-corrected chi connectivity index (χ1v) is 10.8. The Kier molecular flexibility index (Phi) is 7.61. The molecule has 0 saturated carbocycles. The molecule has 146 valence electrons. The molecule has 1 saturated heterocycles. The molecule has 26 heavy (non-hydrogen) atoms. The van der Waals surface area contributed by atoms with Crippen LogP contribution in [-0.4, -0.2) is 50.5 Å². The summed E-state index contributed by atoms with van der Waals surface area (Å²) in [5, 5.41) is 2.86. The molecular weight excluding hydrogens is 352 g/mol. The molecule has 2 unspecified atom stereocenters. The number of nitrogens with zero attached hydrogens (tertiary/aromatic N) is 1. The van der Waals surface area contributed by atoms with Crippen molar-refractivity contribution in [2.24, 2.45) is 0 Å². The van der Waals surface area contributed by atoms with Gasteiger partial charge in [-0.15, -0.1) is 0 Å². The van der Waals surface area contributed by atoms with Gasteiger partial charge in [-0.25, -0.2) is 8.42 Å². The number of nitrogens with one attached hydrogen (secondary N) is 1. The summed E-state index contributed by atoms with van der Waals surface area (Å²) >= 11 is 0. The molecule has 0 spiro atoms. The highest BCUT2D eigenvalue weighted by Gasteiger charge is 2.32. The van der Waals surface area contributed by atoms with E-state index < -0.39 is 10.0 Å². The SMILES string of the molecule is CCCCCCNC(=O)c1cccc(S(=O)(=O)N2CC(C)OC(C)C2)c1. The lowest BCUT2D eigenvalue weighted by Crippen LogP contribution is -2.48. The summed E-state index contributed by atoms with van der Waals surface area (Å²) in [4.78, 5) is 12.4. The summed E-state index contributed by atoms with van der Waals surface area (Å²) in [6, 6.07) is 6.26. The Bertz CT molecular complexity index is 695. The van der Waals surface area contributed by atoms with Gasteiger partial charge < -0.3 is 10.1 Å². The molecule has 1 aromatic carbocycles. The van der Waals surface area contributed by atoms with Crippen molar-refractivity contribution in [1.29, 1.82) is 0 Å². The lowest BCUT2D eigenvalue weighted by Gasteiger charge is -2.34. The second-order valence-electron chi connectivity index (χ2n) is 6.92. The van der Waals surface area contributed by atoms with Gasteiger partial charge in [0.1, 0.15) is 0 Å². The third-order valence-corrected chi connectivity index (χ3v) is 6.26. The zero-order valence-corrected chi connectivity index (χ0v) is 16.7. The molecule has 1 N–H and O–H groups in total. The van der Waals surface area contributed by atoms with E-state index in [1.54, 1.807) is 12.1 Å². The van der Waals surface area contributed by atoms with Crippen molar-refractivity contribution >= 4 is 15.9 Å². The number of amides is 1. The van der Waals surface area contributed by atoms with Crippen molar-refractivity contribution in [2.45, 2.75) is 63.6 Å². The van der Waals surface area contributed by atoms with Crippen molar-refractivity contribution in [3.8, 4) is 0 Å². The first kappa shape index (κ1) is 20.9. The molecule has 1 aliphatic rings. The van der Waals surface area contributed by atoms with Crippen LogP contribution in [-0.2, 0) is 14.8 Å². The molecule has 0 bridgehead atoms. The third-order valence-electron chi connectivity index (χ3n) is 4.44. The van der Waals surface area contributed by atoms with Crippen LogP contribution < -0.4 is 5.32 Å². The van der Waals surface area contributed by atoms with E-state index in [1.165, 1.54) is 16.4 Å². The van der Waals surface area contributed by atoms with Crippen LogP contribution in [0.1, 0.15) is 56.8 Å². The molecule has 1 fully saturated rings. The summed E-state index contributed by atoms with van der Waals surface area (Å²) in [7, 11) is -3.64. The van der Waals surface area contributed by atoms with Crippen molar-refractivity contribution in [3.05, 3.63) is 29.8 Å². The van der Waals surface area contributed by atoms with Crippen LogP contribution in [0.5, 0.6) is 0 Å². The molecule has 1 aromatic rings. The molecule has 1 amide bonds. The molecule has 6 nitrogen and oxygen atoms in total. The first-order chi connectivity index (χ1) is 12.3. The number of rotatable bonds is 8. The Labute approximate surface area is 157 Å². The van der Waals surface area contributed by atoms with Crippen LogP contribution in [0.2, 0.25) is 0 Å². The molecule has 2 atom stereocenters. The molecular formula is C19H30N2O4S. The van der Waals surface area contributed by atoms with E-state index in [-0.39, 0.29) is 23.0 Å². The molecule has 0 aromatic heterocycles. The average molecular weight is 383 g/mol. The molecule has 0 aliphatic carbocycles. The van der Waals surface area contributed by atoms with Crippen LogP contribution in [0, 0.1) is 0 Å². The fraction of sp³-hybridized carbons (Fsp3) is 0.632. The topological polar surface area (TPSA) is 75.7 Å². The number of unbranched alkanes of at least 4 members (excludes halogenated alkanes) is 3. The van der Waals surface area contributed by atoms with Gasteiger partial charge in [0.05, 0.1) is 17.1 Å². The number of hydrogen-bond donors (Lipinski definition) is 1. The number of morpholine rings is 1. The maximum Gasteiger partial charge on any atom is 0.251 e. The predicted octanol–water partition coefficient (Wildman–Crippen LogP) is 2.79. The summed E-state index contributed by atoms with van der Waals surface area (Å²) in [5.74, 6) is -0.234. The van der Waals surface area contributed by atoms with Crippen molar-refractivity contribution in [1.82, 2.24) is 9.62 Å². The van der Waals surface area contributed by atoms with E-state index in [2.05, 4.69) is 12.2 Å². The van der Waals surface area contributed by atoms with Gasteiger partial charge in [0.15, 0.2) is 0 Å². The molecule has 0 radical (unpaired) electrons. The highest BCUT2D eigenvalue weighted by Crippen LogP contribution is 2.22. The van der Waals surface area contributed by atoms with Crippen LogP contribution in [0.25, 0.3) is 0 Å². The Morgan fingerprint density at radius 2 is 1.88 bits per heavy atom. The minimum atomic E-state index is -3.64. The normalized spacial score (nSPS) is 21.5. The van der Waals surface area contributed by atoms with Gasteiger partial charge in [0.2, 0.25) is 10.0 Å². The monoisotopic (exact) mass is 382 g/mol. The quantitative estimate of drug-likeness (QED) is 0.702. The number of ether oxygens (including phenoxy) is 1. The van der Waals surface area contributed by atoms with Gasteiger partial charge in [-0.3, -0.25) is 4.79 Å². The number of carbonyl (C=O) groups is 1. The van der Waals surface area contributed by atoms with Crippen molar-refractivity contribution in [2.75, 3.05) is 19.6 Å². The lowest BCUT2D eigenvalue weighted by atomic mass is 10.2. The minimum Gasteiger partial charge on any atom is -0.373 e. The molecule has 2 rings (SSSR count). The maximum atomic E-state index is 12.9. The average Bonchev–Trinajstić information content (AvgIpc) is 2.60. The Morgan fingerprint density at radius 3 is 2.54 bits per heavy atom. The van der Waals surface area contributed by atoms with Crippen LogP contribution in [0.15, 0.2) is 29.2 Å². The highest BCUT2D eigenvalue weighted by atomic mass is 32.2. The second-order valence-corrected chi connectivity index (χ2v) is 8.86. The standard InChI is InChI=1S/C19H30N2O4S/c1-4-5-6-7-11-20-19(22)17-9-8-10-18(12-17)26(23,24)21-13-15(2)25-16(3)14-21/h8-10,12,15-16H,4-7,11,13-14H2,1-3H3,(H,20,22). The second kappa shape index (κ2) is 9.48. The summed E-state index contributed by atoms with van der Waals surface area (Å²) in [6.45, 7) is 7.11. The third kappa shape index (κ3) is 5.53. The van der Waals surface area contributed by atoms with Gasteiger partial charge in [-0.2, -0.15) is 4.31 Å². The Morgan fingerprint density at radius 1 is 1.19 bits per heavy atom. The van der Waals surface area contributed by atoms with Crippen LogP contribution in [0.3, 0.4) is 0 Å². The van der Waals surface area contributed by atoms with E-state index in [0.717, 1.165) is 25.7 Å². The fourth-order valence-corrected chi connectivity index (χ4v) is 4.77. The van der Waals surface area contributed by atoms with E-state index >= 15 is 0 Å². The van der Waals surface area contributed by atoms with Gasteiger partial charge in [-0.1, -0.05) is 32.3 Å². The van der Waals surface area contributed by atoms with Crippen LogP contribution in [0.4, 0.5) is 0 Å². The predicted molar refractivity (Wildman–Crippen MR) is 102 cm³/mol. The largest absolute Gasteiger partial charge is 0.373 e. The molecule has 1 heterocycles. The molecule has 1 aliphatic heterocycles. The number of sulfonamides is 1. The lowest BCUT2D eigenvalue weighted by molar-refractivity contribution is -0.0440. The fourth-order valence-electron chi connectivity index (χ4n) is 3.13. The van der Waals surface area contributed by atoms with E-state index in [0.29, 0.717) is 25.2 Å². The first-order valence-electron chi connectivity index (χ1n) is 9.38. The number of carbonyl (C=O) groups excluding carboxylic acids is 1. The maximum absolute atomic E-state index is 12.9. The van der Waals surface area contributed by atoms with E-state index in [1.807, 2.05) is 13.8 Å². The van der Waals surface area contributed by atoms with Gasteiger partial charge in [0, 0.05) is 25.2 Å². The highest BCUT2D eigenvalue weighted by molar-refractivity contribution is 7.89. The number of hydrogen-bond acceptors (Lipinski definition) is 4. The Balaban J connectivity index is 2.06. The van der Waals surface area contributed by atoms with Gasteiger partial charge in [0.25, 0.3) is 5.91 Å². The Hall–Kier alpha value is -1.44. The smallest absolute Gasteiger partial charge is 0.251 e. The van der Waals surface area contributed by atoms with Crippen molar-refractivity contribution in [3.63, 3.8) is 0 Å². The van der Waals surface area contributed by atoms with Gasteiger partial charge in [-0.05, 0) is 38.5 Å². The van der Waals surface area contributed by atoms with Gasteiger partial charge >= 0.3 is 0 Å². The van der Waals surface area contributed by atoms with Crippen LogP contribution >= 0.6 is 0 Å². The van der Waals surface area contributed by atoms with E-state index in [9.17, 15) is 13.2 Å². The number of benzene rings is 1. The van der Waals surface area contributed by atoms with Crippen molar-refractivity contribution < 1.29 is 17.9 Å². The minimum absolute atomic E-state index is 0.150. The molecule has 7 heteroatoms.